The minimum Gasteiger partial charge on any atom is -0.507 e. The van der Waals surface area contributed by atoms with E-state index >= 15 is 0 Å². The Balaban J connectivity index is 0.000000200. The Kier molecular flexibility index (Phi) is 6.09. The molecule has 0 bridgehead atoms. The number of alkyl halides is 3. The summed E-state index contributed by atoms with van der Waals surface area (Å²) in [6.45, 7) is 0. The summed E-state index contributed by atoms with van der Waals surface area (Å²) in [4.78, 5) is 24.9. The number of hydrogen-bond acceptors (Lipinski definition) is 4. The van der Waals surface area contributed by atoms with Crippen molar-refractivity contribution in [2.24, 2.45) is 11.5 Å². The lowest BCUT2D eigenvalue weighted by molar-refractivity contribution is -0.137. The topological polar surface area (TPSA) is 119 Å². The van der Waals surface area contributed by atoms with Crippen LogP contribution in [0.25, 0.3) is 10.8 Å². The molecule has 0 radical (unpaired) electrons. The maximum absolute atomic E-state index is 12.1. The van der Waals surface area contributed by atoms with Crippen LogP contribution in [0, 0.1) is 0 Å². The van der Waals surface area contributed by atoms with Crippen molar-refractivity contribution in [2.75, 3.05) is 0 Å². The number of rotatable bonds is 2. The van der Waals surface area contributed by atoms with Gasteiger partial charge in [0.25, 0.3) is 11.8 Å². The van der Waals surface area contributed by atoms with Crippen LogP contribution in [-0.2, 0) is 6.18 Å². The molecule has 0 saturated carbocycles. The Bertz CT molecular complexity index is 1060. The monoisotopic (exact) mass is 411 g/mol. The number of primary amides is 2. The molecule has 2 amide bonds. The average molecular weight is 412 g/mol. The number of nitrogens with two attached hydrogens (primary N) is 2. The normalized spacial score (nSPS) is 10.9. The van der Waals surface area contributed by atoms with Crippen molar-refractivity contribution < 1.29 is 27.9 Å². The lowest BCUT2D eigenvalue weighted by Gasteiger charge is -2.06. The van der Waals surface area contributed by atoms with Crippen LogP contribution in [0.1, 0.15) is 26.4 Å². The van der Waals surface area contributed by atoms with Gasteiger partial charge < -0.3 is 16.6 Å². The number of carbonyl (C=O) groups excluding carboxylic acids is 2. The molecule has 28 heavy (non-hydrogen) atoms. The van der Waals surface area contributed by atoms with E-state index in [0.717, 1.165) is 5.39 Å². The third-order valence-electron chi connectivity index (χ3n) is 3.56. The van der Waals surface area contributed by atoms with Gasteiger partial charge in [-0.25, -0.2) is 4.98 Å². The Morgan fingerprint density at radius 3 is 2.21 bits per heavy atom. The number of aromatic nitrogens is 1. The highest BCUT2D eigenvalue weighted by Crippen LogP contribution is 2.31. The smallest absolute Gasteiger partial charge is 0.417 e. The Morgan fingerprint density at radius 1 is 1.04 bits per heavy atom. The molecule has 0 fully saturated rings. The first-order valence-corrected chi connectivity index (χ1v) is 7.93. The first-order chi connectivity index (χ1) is 13.0. The third kappa shape index (κ3) is 4.68. The zero-order chi connectivity index (χ0) is 21.1. The molecule has 146 valence electrons. The predicted molar refractivity (Wildman–Crippen MR) is 96.9 cm³/mol. The molecule has 0 aliphatic carbocycles. The second kappa shape index (κ2) is 8.13. The van der Waals surface area contributed by atoms with Gasteiger partial charge >= 0.3 is 6.18 Å². The summed E-state index contributed by atoms with van der Waals surface area (Å²) in [5.41, 5.74) is 8.78. The standard InChI is InChI=1S/C11H9NO2.C7H4ClF3N2O/c12-11(14)10-8-4-2-1-3-7(8)5-6-9(10)13;8-4-1-3(7(9,10)11)2-13-5(4)6(12)14/h1-6,13H,(H2,12,14);1-2H,(H2,12,14). The van der Waals surface area contributed by atoms with Gasteiger partial charge in [-0.3, -0.25) is 9.59 Å². The van der Waals surface area contributed by atoms with Crippen LogP contribution in [0.3, 0.4) is 0 Å². The van der Waals surface area contributed by atoms with Gasteiger partial charge in [0, 0.05) is 6.20 Å². The summed E-state index contributed by atoms with van der Waals surface area (Å²) < 4.78 is 36.3. The fraction of sp³-hybridized carbons (Fsp3) is 0.0556. The number of phenols is 1. The van der Waals surface area contributed by atoms with Gasteiger partial charge in [-0.1, -0.05) is 41.9 Å². The number of halogens is 4. The highest BCUT2D eigenvalue weighted by atomic mass is 35.5. The summed E-state index contributed by atoms with van der Waals surface area (Å²) in [7, 11) is 0. The van der Waals surface area contributed by atoms with Crippen LogP contribution in [0.4, 0.5) is 13.2 Å². The average Bonchev–Trinajstić information content (AvgIpc) is 2.60. The van der Waals surface area contributed by atoms with Gasteiger partial charge in [-0.2, -0.15) is 13.2 Å². The molecule has 0 aliphatic rings. The maximum Gasteiger partial charge on any atom is 0.417 e. The molecule has 10 heteroatoms. The fourth-order valence-electron chi connectivity index (χ4n) is 2.29. The van der Waals surface area contributed by atoms with Crippen LogP contribution in [0.5, 0.6) is 5.75 Å². The number of carbonyl (C=O) groups is 2. The molecule has 1 heterocycles. The molecule has 1 aromatic heterocycles. The summed E-state index contributed by atoms with van der Waals surface area (Å²) in [5.74, 6) is -1.65. The molecule has 3 rings (SSSR count). The molecule has 0 atom stereocenters. The largest absolute Gasteiger partial charge is 0.507 e. The summed E-state index contributed by atoms with van der Waals surface area (Å²) in [6.07, 6.45) is -4.03. The lowest BCUT2D eigenvalue weighted by Crippen LogP contribution is -2.15. The number of fused-ring (bicyclic) bond motifs is 1. The number of amides is 2. The van der Waals surface area contributed by atoms with Crippen molar-refractivity contribution in [3.8, 4) is 5.75 Å². The van der Waals surface area contributed by atoms with E-state index < -0.39 is 28.6 Å². The highest BCUT2D eigenvalue weighted by molar-refractivity contribution is 6.33. The van der Waals surface area contributed by atoms with Gasteiger partial charge in [0.15, 0.2) is 0 Å². The van der Waals surface area contributed by atoms with Crippen molar-refractivity contribution in [1.82, 2.24) is 4.98 Å². The van der Waals surface area contributed by atoms with Gasteiger partial charge in [-0.05, 0) is 22.9 Å². The van der Waals surface area contributed by atoms with Crippen LogP contribution < -0.4 is 11.5 Å². The second-order valence-electron chi connectivity index (χ2n) is 5.46. The van der Waals surface area contributed by atoms with Gasteiger partial charge in [0.2, 0.25) is 0 Å². The molecule has 5 N–H and O–H groups in total. The minimum absolute atomic E-state index is 0.0730. The Hall–Kier alpha value is -3.33. The van der Waals surface area contributed by atoms with E-state index in [1.54, 1.807) is 18.2 Å². The van der Waals surface area contributed by atoms with Crippen molar-refractivity contribution in [3.05, 3.63) is 70.5 Å². The number of nitrogens with zero attached hydrogens (tertiary/aromatic N) is 1. The maximum atomic E-state index is 12.1. The number of aromatic hydroxyl groups is 1. The quantitative estimate of drug-likeness (QED) is 0.597. The van der Waals surface area contributed by atoms with E-state index in [1.165, 1.54) is 6.07 Å². The summed E-state index contributed by atoms with van der Waals surface area (Å²) in [5, 5.41) is 10.6. The van der Waals surface area contributed by atoms with Crippen molar-refractivity contribution in [3.63, 3.8) is 0 Å². The molecule has 2 aromatic carbocycles. The van der Waals surface area contributed by atoms with E-state index in [4.69, 9.17) is 23.1 Å². The first kappa shape index (κ1) is 21.0. The van der Waals surface area contributed by atoms with Crippen molar-refractivity contribution in [1.29, 1.82) is 0 Å². The van der Waals surface area contributed by atoms with E-state index in [-0.39, 0.29) is 17.0 Å². The van der Waals surface area contributed by atoms with Crippen LogP contribution in [0.2, 0.25) is 5.02 Å². The highest BCUT2D eigenvalue weighted by Gasteiger charge is 2.31. The SMILES string of the molecule is NC(=O)c1c(O)ccc2ccccc12.NC(=O)c1ncc(C(F)(F)F)cc1Cl. The van der Waals surface area contributed by atoms with E-state index in [0.29, 0.717) is 17.6 Å². The van der Waals surface area contributed by atoms with Gasteiger partial charge in [-0.15, -0.1) is 0 Å². The molecule has 0 unspecified atom stereocenters. The van der Waals surface area contributed by atoms with Crippen LogP contribution >= 0.6 is 11.6 Å². The molecular weight excluding hydrogens is 399 g/mol. The molecule has 0 aliphatic heterocycles. The second-order valence-corrected chi connectivity index (χ2v) is 5.87. The van der Waals surface area contributed by atoms with E-state index in [9.17, 15) is 27.9 Å². The third-order valence-corrected chi connectivity index (χ3v) is 3.84. The fourth-order valence-corrected chi connectivity index (χ4v) is 2.55. The van der Waals surface area contributed by atoms with E-state index in [1.807, 2.05) is 12.1 Å². The summed E-state index contributed by atoms with van der Waals surface area (Å²) >= 11 is 5.37. The number of pyridine rings is 1. The lowest BCUT2D eigenvalue weighted by atomic mass is 10.0. The predicted octanol–water partition coefficient (Wildman–Crippen LogP) is 3.50. The molecule has 0 spiro atoms. The molecular formula is C18H13ClF3N3O3. The van der Waals surface area contributed by atoms with Crippen LogP contribution in [-0.4, -0.2) is 21.9 Å². The zero-order valence-electron chi connectivity index (χ0n) is 14.0. The van der Waals surface area contributed by atoms with Crippen molar-refractivity contribution >= 4 is 34.2 Å². The number of benzene rings is 2. The van der Waals surface area contributed by atoms with Crippen molar-refractivity contribution in [2.45, 2.75) is 6.18 Å². The van der Waals surface area contributed by atoms with Crippen LogP contribution in [0.15, 0.2) is 48.7 Å². The molecule has 0 saturated heterocycles. The number of hydrogen-bond donors (Lipinski definition) is 3. The van der Waals surface area contributed by atoms with Gasteiger partial charge in [0.05, 0.1) is 16.1 Å². The Labute approximate surface area is 161 Å². The molecule has 6 nitrogen and oxygen atoms in total. The first-order valence-electron chi connectivity index (χ1n) is 7.55. The molecule has 3 aromatic rings. The zero-order valence-corrected chi connectivity index (χ0v) is 14.8. The van der Waals surface area contributed by atoms with E-state index in [2.05, 4.69) is 4.98 Å². The van der Waals surface area contributed by atoms with Gasteiger partial charge in [0.1, 0.15) is 11.4 Å². The Morgan fingerprint density at radius 2 is 1.68 bits per heavy atom. The minimum atomic E-state index is -4.53. The summed E-state index contributed by atoms with van der Waals surface area (Å²) in [6, 6.07) is 11.1.